The quantitative estimate of drug-likeness (QED) is 0.593. The maximum Gasteiger partial charge on any atom is 0.237 e. The molecule has 2 atom stereocenters. The topological polar surface area (TPSA) is 66.6 Å². The van der Waals surface area contributed by atoms with Crippen molar-refractivity contribution in [3.63, 3.8) is 0 Å². The number of alkyl halides is 1. The Labute approximate surface area is 82.6 Å². The number of hydrogen-bond donors (Lipinski definition) is 2. The van der Waals surface area contributed by atoms with Gasteiger partial charge in [-0.3, -0.25) is 4.79 Å². The van der Waals surface area contributed by atoms with Gasteiger partial charge in [0.2, 0.25) is 5.91 Å². The van der Waals surface area contributed by atoms with Gasteiger partial charge in [0.05, 0.1) is 6.10 Å². The smallest absolute Gasteiger partial charge is 0.237 e. The Hall–Kier alpha value is -0.320. The van der Waals surface area contributed by atoms with Gasteiger partial charge < -0.3 is 15.7 Å². The minimum atomic E-state index is -0.450. The zero-order valence-corrected chi connectivity index (χ0v) is 8.20. The molecule has 1 amide bonds. The molecule has 5 heteroatoms. The van der Waals surface area contributed by atoms with Crippen LogP contribution in [0.4, 0.5) is 0 Å². The zero-order valence-electron chi connectivity index (χ0n) is 7.45. The van der Waals surface area contributed by atoms with Crippen LogP contribution in [0, 0.1) is 5.92 Å². The van der Waals surface area contributed by atoms with E-state index in [-0.39, 0.29) is 17.7 Å². The van der Waals surface area contributed by atoms with Gasteiger partial charge in [-0.15, -0.1) is 11.6 Å². The molecule has 1 aliphatic rings. The highest BCUT2D eigenvalue weighted by molar-refractivity contribution is 6.27. The summed E-state index contributed by atoms with van der Waals surface area (Å²) in [4.78, 5) is 12.8. The normalized spacial score (nSPS) is 29.0. The number of aliphatic hydroxyl groups is 1. The van der Waals surface area contributed by atoms with Crippen molar-refractivity contribution >= 4 is 17.5 Å². The molecule has 1 aliphatic heterocycles. The van der Waals surface area contributed by atoms with Gasteiger partial charge in [0.15, 0.2) is 0 Å². The second-order valence-electron chi connectivity index (χ2n) is 3.42. The molecule has 0 spiro atoms. The Morgan fingerprint density at radius 2 is 2.31 bits per heavy atom. The number of likely N-dealkylation sites (tertiary alicyclic amines) is 1. The van der Waals surface area contributed by atoms with E-state index in [9.17, 15) is 9.90 Å². The molecule has 1 rings (SSSR count). The van der Waals surface area contributed by atoms with Gasteiger partial charge in [-0.2, -0.15) is 0 Å². The molecule has 0 radical (unpaired) electrons. The summed E-state index contributed by atoms with van der Waals surface area (Å²) in [6.07, 6.45) is 0.234. The molecule has 0 bridgehead atoms. The number of halogens is 1. The monoisotopic (exact) mass is 206 g/mol. The van der Waals surface area contributed by atoms with Crippen LogP contribution in [0.1, 0.15) is 6.42 Å². The lowest BCUT2D eigenvalue weighted by Crippen LogP contribution is -2.48. The van der Waals surface area contributed by atoms with E-state index in [1.165, 1.54) is 0 Å². The molecular formula is C8H15ClN2O2. The highest BCUT2D eigenvalue weighted by atomic mass is 35.5. The predicted octanol–water partition coefficient (Wildman–Crippen LogP) is -0.607. The van der Waals surface area contributed by atoms with Crippen molar-refractivity contribution in [2.45, 2.75) is 12.5 Å². The minimum Gasteiger partial charge on any atom is -0.391 e. The summed E-state index contributed by atoms with van der Waals surface area (Å²) in [5.74, 6) is 0.0547. The third-order valence-electron chi connectivity index (χ3n) is 2.32. The number of rotatable bonds is 2. The largest absolute Gasteiger partial charge is 0.391 e. The first kappa shape index (κ1) is 10.8. The summed E-state index contributed by atoms with van der Waals surface area (Å²) >= 11 is 5.42. The minimum absolute atomic E-state index is 0.0238. The summed E-state index contributed by atoms with van der Waals surface area (Å²) in [5, 5.41) is 9.43. The summed E-state index contributed by atoms with van der Waals surface area (Å²) in [7, 11) is 0. The zero-order chi connectivity index (χ0) is 9.84. The number of β-amino-alcohol motifs (C(OH)–C–C–N with tert-alkyl or cyclic N) is 1. The van der Waals surface area contributed by atoms with Crippen LogP contribution in [0.3, 0.4) is 0 Å². The molecule has 76 valence electrons. The molecule has 0 aromatic heterocycles. The lowest BCUT2D eigenvalue weighted by molar-refractivity contribution is -0.132. The molecule has 4 nitrogen and oxygen atoms in total. The van der Waals surface area contributed by atoms with Gasteiger partial charge in [0.1, 0.15) is 5.88 Å². The predicted molar refractivity (Wildman–Crippen MR) is 50.5 cm³/mol. The number of piperidine rings is 1. The van der Waals surface area contributed by atoms with Gasteiger partial charge in [0, 0.05) is 13.1 Å². The van der Waals surface area contributed by atoms with Gasteiger partial charge in [-0.25, -0.2) is 0 Å². The van der Waals surface area contributed by atoms with Crippen LogP contribution in [-0.2, 0) is 4.79 Å². The van der Waals surface area contributed by atoms with Gasteiger partial charge >= 0.3 is 0 Å². The number of carbonyl (C=O) groups is 1. The Kier molecular flexibility index (Phi) is 3.96. The summed E-state index contributed by atoms with van der Waals surface area (Å²) in [6.45, 7) is 1.52. The van der Waals surface area contributed by atoms with E-state index < -0.39 is 6.10 Å². The summed E-state index contributed by atoms with van der Waals surface area (Å²) in [5.41, 5.74) is 5.49. The first-order valence-electron chi connectivity index (χ1n) is 4.39. The summed E-state index contributed by atoms with van der Waals surface area (Å²) < 4.78 is 0. The van der Waals surface area contributed by atoms with Crippen LogP contribution in [0.5, 0.6) is 0 Å². The molecule has 13 heavy (non-hydrogen) atoms. The third-order valence-corrected chi connectivity index (χ3v) is 2.54. The standard InChI is InChI=1S/C8H15ClN2O2/c9-2-8(13)11-4-6(3-10)1-7(12)5-11/h6-7,12H,1-5,10H2. The van der Waals surface area contributed by atoms with Crippen LogP contribution in [-0.4, -0.2) is 47.5 Å². The van der Waals surface area contributed by atoms with Crippen LogP contribution in [0.25, 0.3) is 0 Å². The highest BCUT2D eigenvalue weighted by Gasteiger charge is 2.27. The first-order chi connectivity index (χ1) is 6.17. The van der Waals surface area contributed by atoms with E-state index in [2.05, 4.69) is 0 Å². The molecule has 1 heterocycles. The lowest BCUT2D eigenvalue weighted by atomic mass is 9.96. The molecule has 1 fully saturated rings. The third kappa shape index (κ3) is 2.83. The van der Waals surface area contributed by atoms with E-state index in [0.29, 0.717) is 26.1 Å². The van der Waals surface area contributed by atoms with Crippen molar-refractivity contribution in [2.24, 2.45) is 11.7 Å². The van der Waals surface area contributed by atoms with Gasteiger partial charge in [0.25, 0.3) is 0 Å². The molecule has 0 aromatic rings. The van der Waals surface area contributed by atoms with Crippen molar-refractivity contribution in [3.8, 4) is 0 Å². The Bertz CT molecular complexity index is 189. The Balaban J connectivity index is 2.51. The van der Waals surface area contributed by atoms with Crippen LogP contribution >= 0.6 is 11.6 Å². The molecule has 3 N–H and O–H groups in total. The second-order valence-corrected chi connectivity index (χ2v) is 3.69. The van der Waals surface area contributed by atoms with E-state index in [1.807, 2.05) is 0 Å². The van der Waals surface area contributed by atoms with Crippen LogP contribution < -0.4 is 5.73 Å². The fourth-order valence-electron chi connectivity index (χ4n) is 1.63. The van der Waals surface area contributed by atoms with E-state index in [0.717, 1.165) is 0 Å². The Morgan fingerprint density at radius 1 is 1.62 bits per heavy atom. The maximum absolute atomic E-state index is 11.2. The summed E-state index contributed by atoms with van der Waals surface area (Å²) in [6, 6.07) is 0. The first-order valence-corrected chi connectivity index (χ1v) is 4.92. The number of amides is 1. The lowest BCUT2D eigenvalue weighted by Gasteiger charge is -2.34. The average molecular weight is 207 g/mol. The van der Waals surface area contributed by atoms with E-state index >= 15 is 0 Å². The number of hydrogen-bond acceptors (Lipinski definition) is 3. The van der Waals surface area contributed by atoms with Crippen molar-refractivity contribution in [2.75, 3.05) is 25.5 Å². The van der Waals surface area contributed by atoms with E-state index in [4.69, 9.17) is 17.3 Å². The Morgan fingerprint density at radius 3 is 2.85 bits per heavy atom. The molecule has 0 saturated carbocycles. The number of nitrogens with zero attached hydrogens (tertiary/aromatic N) is 1. The average Bonchev–Trinajstić information content (AvgIpc) is 2.15. The molecule has 0 aromatic carbocycles. The number of nitrogens with two attached hydrogens (primary N) is 1. The fourth-order valence-corrected chi connectivity index (χ4v) is 1.80. The highest BCUT2D eigenvalue weighted by Crippen LogP contribution is 2.16. The van der Waals surface area contributed by atoms with Crippen molar-refractivity contribution in [3.05, 3.63) is 0 Å². The van der Waals surface area contributed by atoms with Gasteiger partial charge in [-0.1, -0.05) is 0 Å². The van der Waals surface area contributed by atoms with Crippen molar-refractivity contribution in [1.82, 2.24) is 4.90 Å². The second kappa shape index (κ2) is 4.79. The number of aliphatic hydroxyl groups excluding tert-OH is 1. The fraction of sp³-hybridized carbons (Fsp3) is 0.875. The van der Waals surface area contributed by atoms with Crippen LogP contribution in [0.15, 0.2) is 0 Å². The van der Waals surface area contributed by atoms with Crippen LogP contribution in [0.2, 0.25) is 0 Å². The molecular weight excluding hydrogens is 192 g/mol. The molecule has 2 unspecified atom stereocenters. The molecule has 1 saturated heterocycles. The van der Waals surface area contributed by atoms with E-state index in [1.54, 1.807) is 4.90 Å². The van der Waals surface area contributed by atoms with Crippen molar-refractivity contribution in [1.29, 1.82) is 0 Å². The maximum atomic E-state index is 11.2. The van der Waals surface area contributed by atoms with Crippen molar-refractivity contribution < 1.29 is 9.90 Å². The number of carbonyl (C=O) groups excluding carboxylic acids is 1. The molecule has 0 aliphatic carbocycles. The SMILES string of the molecule is NCC1CC(O)CN(C(=O)CCl)C1. The van der Waals surface area contributed by atoms with Gasteiger partial charge in [-0.05, 0) is 18.9 Å².